The summed E-state index contributed by atoms with van der Waals surface area (Å²) in [7, 11) is 0. The molecule has 1 aliphatic rings. The zero-order chi connectivity index (χ0) is 16.8. The van der Waals surface area contributed by atoms with Crippen molar-refractivity contribution in [3.05, 3.63) is 71.0 Å². The number of rotatable bonds is 5. The van der Waals surface area contributed by atoms with Gasteiger partial charge in [0.2, 0.25) is 0 Å². The summed E-state index contributed by atoms with van der Waals surface area (Å²) < 4.78 is 19.3. The lowest BCUT2D eigenvalue weighted by atomic mass is 10.1. The van der Waals surface area contributed by atoms with Crippen LogP contribution in [0.1, 0.15) is 21.5 Å². The van der Waals surface area contributed by atoms with Crippen LogP contribution in [0.4, 0.5) is 4.39 Å². The number of hydrogen-bond donors (Lipinski definition) is 0. The van der Waals surface area contributed by atoms with E-state index in [4.69, 9.17) is 4.74 Å². The van der Waals surface area contributed by atoms with E-state index in [2.05, 4.69) is 4.99 Å². The number of halogens is 1. The van der Waals surface area contributed by atoms with Crippen LogP contribution in [0.25, 0.3) is 0 Å². The Kier molecular flexibility index (Phi) is 5.93. The van der Waals surface area contributed by atoms with Gasteiger partial charge in [0, 0.05) is 11.5 Å². The number of aliphatic imine (C=N–C) groups is 1. The molecule has 0 aromatic heterocycles. The number of ether oxygens (including phenoxy) is 1. The monoisotopic (exact) mass is 361 g/mol. The molecule has 124 valence electrons. The first kappa shape index (κ1) is 17.0. The molecule has 2 aromatic rings. The zero-order valence-electron chi connectivity index (χ0n) is 12.9. The first-order valence-electron chi connectivity index (χ1n) is 7.52. The molecule has 0 N–H and O–H groups in total. The third kappa shape index (κ3) is 4.61. The Morgan fingerprint density at radius 2 is 2.00 bits per heavy atom. The van der Waals surface area contributed by atoms with Crippen LogP contribution in [0, 0.1) is 5.82 Å². The first-order chi connectivity index (χ1) is 11.7. The molecule has 0 spiro atoms. The van der Waals surface area contributed by atoms with E-state index >= 15 is 0 Å². The predicted octanol–water partition coefficient (Wildman–Crippen LogP) is 4.52. The maximum absolute atomic E-state index is 12.9. The smallest absolute Gasteiger partial charge is 0.338 e. The van der Waals surface area contributed by atoms with Crippen LogP contribution in [0.3, 0.4) is 0 Å². The summed E-state index contributed by atoms with van der Waals surface area (Å²) in [6.45, 7) is 0.998. The van der Waals surface area contributed by atoms with E-state index in [0.29, 0.717) is 11.3 Å². The summed E-state index contributed by atoms with van der Waals surface area (Å²) in [6, 6.07) is 13.4. The summed E-state index contributed by atoms with van der Waals surface area (Å²) in [5.41, 5.74) is 2.26. The maximum Gasteiger partial charge on any atom is 0.338 e. The lowest BCUT2D eigenvalue weighted by molar-refractivity contribution is 0.0471. The van der Waals surface area contributed by atoms with Gasteiger partial charge in [-0.3, -0.25) is 4.99 Å². The summed E-state index contributed by atoms with van der Waals surface area (Å²) >= 11 is 3.40. The van der Waals surface area contributed by atoms with Gasteiger partial charge in [-0.1, -0.05) is 53.9 Å². The fourth-order valence-electron chi connectivity index (χ4n) is 2.19. The van der Waals surface area contributed by atoms with Gasteiger partial charge in [0.05, 0.1) is 12.1 Å². The lowest BCUT2D eigenvalue weighted by Crippen LogP contribution is -2.08. The highest BCUT2D eigenvalue weighted by Gasteiger charge is 2.14. The molecule has 3 rings (SSSR count). The molecular formula is C18H16FNO2S2. The van der Waals surface area contributed by atoms with Crippen LogP contribution in [0.15, 0.2) is 53.5 Å². The molecule has 0 saturated heterocycles. The molecule has 6 heteroatoms. The van der Waals surface area contributed by atoms with Gasteiger partial charge in [-0.15, -0.1) is 0 Å². The highest BCUT2D eigenvalue weighted by atomic mass is 32.2. The van der Waals surface area contributed by atoms with Crippen molar-refractivity contribution in [3.8, 4) is 0 Å². The highest BCUT2D eigenvalue weighted by Crippen LogP contribution is 2.26. The first-order valence-corrected chi connectivity index (χ1v) is 9.49. The minimum absolute atomic E-state index is 0.128. The molecular weight excluding hydrogens is 345 g/mol. The minimum atomic E-state index is -0.364. The molecule has 3 nitrogen and oxygen atoms in total. The molecule has 0 bridgehead atoms. The zero-order valence-corrected chi connectivity index (χ0v) is 14.5. The quantitative estimate of drug-likeness (QED) is 0.734. The van der Waals surface area contributed by atoms with E-state index in [9.17, 15) is 9.18 Å². The van der Waals surface area contributed by atoms with Gasteiger partial charge >= 0.3 is 5.97 Å². The van der Waals surface area contributed by atoms with Crippen molar-refractivity contribution >= 4 is 33.9 Å². The number of carbonyl (C=O) groups is 1. The fourth-order valence-corrected chi connectivity index (χ4v) is 4.21. The number of benzene rings is 2. The molecule has 0 saturated carbocycles. The molecule has 2 aromatic carbocycles. The Balaban J connectivity index is 1.62. The summed E-state index contributed by atoms with van der Waals surface area (Å²) in [6.07, 6.45) is 0. The predicted molar refractivity (Wildman–Crippen MR) is 98.0 cm³/mol. The summed E-state index contributed by atoms with van der Waals surface area (Å²) in [4.78, 5) is 16.8. The maximum atomic E-state index is 12.9. The number of thioether (sulfide) groups is 2. The second kappa shape index (κ2) is 8.35. The SMILES string of the molecule is O=C(OCc1ccc(F)cc1)c1ccccc1CSC1=NCCS1. The molecule has 0 radical (unpaired) electrons. The summed E-state index contributed by atoms with van der Waals surface area (Å²) in [5.74, 6) is 1.05. The van der Waals surface area contributed by atoms with E-state index in [0.717, 1.165) is 27.8 Å². The lowest BCUT2D eigenvalue weighted by Gasteiger charge is -2.09. The fraction of sp³-hybridized carbons (Fsp3) is 0.222. The van der Waals surface area contributed by atoms with Crippen molar-refractivity contribution in [2.75, 3.05) is 12.3 Å². The van der Waals surface area contributed by atoms with Crippen molar-refractivity contribution in [2.45, 2.75) is 12.4 Å². The Hall–Kier alpha value is -1.79. The van der Waals surface area contributed by atoms with Crippen molar-refractivity contribution in [1.29, 1.82) is 0 Å². The van der Waals surface area contributed by atoms with Gasteiger partial charge in [0.15, 0.2) is 0 Å². The van der Waals surface area contributed by atoms with E-state index in [1.165, 1.54) is 12.1 Å². The van der Waals surface area contributed by atoms with Crippen LogP contribution in [0.5, 0.6) is 0 Å². The van der Waals surface area contributed by atoms with Crippen LogP contribution in [-0.4, -0.2) is 22.6 Å². The van der Waals surface area contributed by atoms with Crippen molar-refractivity contribution in [2.24, 2.45) is 4.99 Å². The Bertz CT molecular complexity index is 747. The standard InChI is InChI=1S/C18H16FNO2S2/c19-15-7-5-13(6-8-15)11-22-17(21)16-4-2-1-3-14(16)12-24-18-20-9-10-23-18/h1-8H,9-12H2. The second-order valence-electron chi connectivity index (χ2n) is 5.14. The molecule has 0 atom stereocenters. The van der Waals surface area contributed by atoms with Gasteiger partial charge < -0.3 is 4.74 Å². The van der Waals surface area contributed by atoms with Crippen LogP contribution >= 0.6 is 23.5 Å². The Morgan fingerprint density at radius 3 is 2.75 bits per heavy atom. The second-order valence-corrected chi connectivity index (χ2v) is 7.45. The van der Waals surface area contributed by atoms with Gasteiger partial charge in [-0.05, 0) is 29.3 Å². The molecule has 1 heterocycles. The average Bonchev–Trinajstić information content (AvgIpc) is 3.13. The number of carbonyl (C=O) groups excluding carboxylic acids is 1. The normalized spacial score (nSPS) is 13.6. The van der Waals surface area contributed by atoms with Gasteiger partial charge in [-0.25, -0.2) is 9.18 Å². The van der Waals surface area contributed by atoms with Crippen LogP contribution in [-0.2, 0) is 17.1 Å². The molecule has 1 aliphatic heterocycles. The Labute approximate surface area is 148 Å². The van der Waals surface area contributed by atoms with Gasteiger partial charge in [0.25, 0.3) is 0 Å². The third-order valence-electron chi connectivity index (χ3n) is 3.43. The van der Waals surface area contributed by atoms with E-state index in [1.807, 2.05) is 18.2 Å². The van der Waals surface area contributed by atoms with Gasteiger partial charge in [0.1, 0.15) is 16.8 Å². The van der Waals surface area contributed by atoms with Crippen LogP contribution < -0.4 is 0 Å². The van der Waals surface area contributed by atoms with Gasteiger partial charge in [-0.2, -0.15) is 0 Å². The van der Waals surface area contributed by atoms with Crippen molar-refractivity contribution in [3.63, 3.8) is 0 Å². The molecule has 24 heavy (non-hydrogen) atoms. The molecule has 0 aliphatic carbocycles. The molecule has 0 unspecified atom stereocenters. The number of hydrogen-bond acceptors (Lipinski definition) is 5. The van der Waals surface area contributed by atoms with E-state index in [1.54, 1.807) is 41.7 Å². The highest BCUT2D eigenvalue weighted by molar-refractivity contribution is 8.38. The molecule has 0 fully saturated rings. The third-order valence-corrected chi connectivity index (χ3v) is 5.73. The minimum Gasteiger partial charge on any atom is -0.457 e. The van der Waals surface area contributed by atoms with E-state index in [-0.39, 0.29) is 18.4 Å². The Morgan fingerprint density at radius 1 is 1.21 bits per heavy atom. The van der Waals surface area contributed by atoms with Crippen molar-refractivity contribution in [1.82, 2.24) is 0 Å². The summed E-state index contributed by atoms with van der Waals surface area (Å²) in [5, 5.41) is 0. The largest absolute Gasteiger partial charge is 0.457 e. The molecule has 0 amide bonds. The number of nitrogens with zero attached hydrogens (tertiary/aromatic N) is 1. The van der Waals surface area contributed by atoms with Crippen LogP contribution in [0.2, 0.25) is 0 Å². The topological polar surface area (TPSA) is 38.7 Å². The van der Waals surface area contributed by atoms with Crippen molar-refractivity contribution < 1.29 is 13.9 Å². The number of esters is 1. The average molecular weight is 361 g/mol. The van der Waals surface area contributed by atoms with E-state index < -0.39 is 0 Å².